The molecule has 1 aliphatic heterocycles. The van der Waals surface area contributed by atoms with Gasteiger partial charge in [-0.15, -0.1) is 0 Å². The molecule has 1 amide bonds. The van der Waals surface area contributed by atoms with E-state index in [0.717, 1.165) is 48.7 Å². The molecule has 5 nitrogen and oxygen atoms in total. The van der Waals surface area contributed by atoms with Crippen LogP contribution in [0.1, 0.15) is 47.1 Å². The minimum absolute atomic E-state index is 0.268. The first-order valence-electron chi connectivity index (χ1n) is 9.02. The molecular formula is C20H25ClN4O. The zero-order valence-electron chi connectivity index (χ0n) is 15.8. The van der Waals surface area contributed by atoms with Crippen molar-refractivity contribution in [1.29, 1.82) is 0 Å². The summed E-state index contributed by atoms with van der Waals surface area (Å²) >= 11 is 6.31. The van der Waals surface area contributed by atoms with Gasteiger partial charge in [-0.2, -0.15) is 0 Å². The molecule has 3 rings (SSSR count). The largest absolute Gasteiger partial charge is 0.341 e. The average Bonchev–Trinajstić information content (AvgIpc) is 2.58. The maximum absolute atomic E-state index is 12.8. The van der Waals surface area contributed by atoms with Crippen molar-refractivity contribution in [2.75, 3.05) is 23.3 Å². The molecule has 1 N–H and O–H groups in total. The number of carbonyl (C=O) groups excluding carboxylic acids is 1. The van der Waals surface area contributed by atoms with Crippen LogP contribution in [0.2, 0.25) is 5.02 Å². The quantitative estimate of drug-likeness (QED) is 0.859. The molecule has 1 aromatic heterocycles. The van der Waals surface area contributed by atoms with E-state index in [1.807, 2.05) is 32.9 Å². The lowest BCUT2D eigenvalue weighted by Gasteiger charge is -2.30. The van der Waals surface area contributed by atoms with Gasteiger partial charge in [-0.25, -0.2) is 9.97 Å². The number of aryl methyl sites for hydroxylation is 3. The monoisotopic (exact) mass is 372 g/mol. The van der Waals surface area contributed by atoms with Crippen molar-refractivity contribution < 1.29 is 4.79 Å². The summed E-state index contributed by atoms with van der Waals surface area (Å²) in [6.45, 7) is 9.91. The van der Waals surface area contributed by atoms with Gasteiger partial charge < -0.3 is 10.2 Å². The Morgan fingerprint density at radius 3 is 2.50 bits per heavy atom. The lowest BCUT2D eigenvalue weighted by atomic mass is 10.00. The first-order valence-corrected chi connectivity index (χ1v) is 9.40. The van der Waals surface area contributed by atoms with Gasteiger partial charge in [0.25, 0.3) is 5.91 Å². The molecule has 138 valence electrons. The summed E-state index contributed by atoms with van der Waals surface area (Å²) < 4.78 is 0. The number of aromatic nitrogens is 2. The van der Waals surface area contributed by atoms with Crippen LogP contribution in [-0.4, -0.2) is 29.0 Å². The smallest absolute Gasteiger partial charge is 0.274 e. The number of nitrogens with zero attached hydrogens (tertiary/aromatic N) is 3. The molecular weight excluding hydrogens is 348 g/mol. The molecule has 0 spiro atoms. The molecule has 0 radical (unpaired) electrons. The van der Waals surface area contributed by atoms with Crippen molar-refractivity contribution in [2.24, 2.45) is 5.92 Å². The third kappa shape index (κ3) is 4.15. The summed E-state index contributed by atoms with van der Waals surface area (Å²) in [4.78, 5) is 24.0. The first-order chi connectivity index (χ1) is 12.3. The van der Waals surface area contributed by atoms with Gasteiger partial charge in [0.2, 0.25) is 5.95 Å². The Balaban J connectivity index is 1.84. The van der Waals surface area contributed by atoms with Gasteiger partial charge in [0.1, 0.15) is 5.69 Å². The summed E-state index contributed by atoms with van der Waals surface area (Å²) in [5.74, 6) is 1.09. The lowest BCUT2D eigenvalue weighted by molar-refractivity contribution is 0.102. The predicted octanol–water partition coefficient (Wildman–Crippen LogP) is 4.54. The summed E-state index contributed by atoms with van der Waals surface area (Å²) in [6.07, 6.45) is 2.24. The Morgan fingerprint density at radius 1 is 1.15 bits per heavy atom. The van der Waals surface area contributed by atoms with E-state index in [-0.39, 0.29) is 5.91 Å². The number of hydrogen-bond acceptors (Lipinski definition) is 4. The summed E-state index contributed by atoms with van der Waals surface area (Å²) in [5.41, 5.74) is 3.77. The fraction of sp³-hybridized carbons (Fsp3) is 0.450. The maximum Gasteiger partial charge on any atom is 0.274 e. The van der Waals surface area contributed by atoms with E-state index in [1.54, 1.807) is 6.07 Å². The third-order valence-corrected chi connectivity index (χ3v) is 5.11. The predicted molar refractivity (Wildman–Crippen MR) is 106 cm³/mol. The second kappa shape index (κ2) is 7.62. The van der Waals surface area contributed by atoms with Crippen molar-refractivity contribution in [3.8, 4) is 0 Å². The van der Waals surface area contributed by atoms with Gasteiger partial charge in [0, 0.05) is 18.8 Å². The lowest BCUT2D eigenvalue weighted by Crippen LogP contribution is -2.34. The van der Waals surface area contributed by atoms with Crippen LogP contribution in [0.5, 0.6) is 0 Å². The fourth-order valence-corrected chi connectivity index (χ4v) is 3.64. The van der Waals surface area contributed by atoms with Crippen molar-refractivity contribution in [2.45, 2.75) is 40.5 Å². The molecule has 6 heteroatoms. The van der Waals surface area contributed by atoms with Gasteiger partial charge in [0.05, 0.1) is 10.7 Å². The molecule has 1 aromatic carbocycles. The van der Waals surface area contributed by atoms with Crippen molar-refractivity contribution >= 4 is 29.1 Å². The van der Waals surface area contributed by atoms with Crippen molar-refractivity contribution in [3.05, 3.63) is 45.7 Å². The van der Waals surface area contributed by atoms with Crippen LogP contribution in [0.25, 0.3) is 0 Å². The Hall–Kier alpha value is -2.14. The average molecular weight is 373 g/mol. The molecule has 0 unspecified atom stereocenters. The van der Waals surface area contributed by atoms with E-state index in [4.69, 9.17) is 11.6 Å². The normalized spacial score (nSPS) is 15.2. The molecule has 0 aliphatic carbocycles. The zero-order valence-corrected chi connectivity index (χ0v) is 16.5. The van der Waals surface area contributed by atoms with Gasteiger partial charge in [-0.3, -0.25) is 4.79 Å². The van der Waals surface area contributed by atoms with Crippen LogP contribution in [0.15, 0.2) is 18.2 Å². The second-order valence-corrected chi connectivity index (χ2v) is 7.66. The molecule has 1 fully saturated rings. The second-order valence-electron chi connectivity index (χ2n) is 7.26. The first kappa shape index (κ1) is 18.6. The maximum atomic E-state index is 12.8. The highest BCUT2D eigenvalue weighted by Gasteiger charge is 2.20. The van der Waals surface area contributed by atoms with Crippen LogP contribution in [0, 0.1) is 26.7 Å². The minimum atomic E-state index is -0.268. The molecule has 26 heavy (non-hydrogen) atoms. The molecule has 0 bridgehead atoms. The molecule has 2 aromatic rings. The van der Waals surface area contributed by atoms with E-state index in [0.29, 0.717) is 22.4 Å². The third-order valence-electron chi connectivity index (χ3n) is 4.81. The number of amides is 1. The summed E-state index contributed by atoms with van der Waals surface area (Å²) in [5, 5.41) is 3.44. The SMILES string of the molecule is Cc1cc(C)c(NC(=O)c2cc(C)nc(N3CCC(C)CC3)n2)c(Cl)c1. The van der Waals surface area contributed by atoms with Gasteiger partial charge >= 0.3 is 0 Å². The molecule has 0 atom stereocenters. The van der Waals surface area contributed by atoms with Crippen LogP contribution in [0.4, 0.5) is 11.6 Å². The van der Waals surface area contributed by atoms with E-state index in [1.165, 1.54) is 0 Å². The Bertz CT molecular complexity index is 806. The summed E-state index contributed by atoms with van der Waals surface area (Å²) in [6, 6.07) is 5.55. The van der Waals surface area contributed by atoms with E-state index in [2.05, 4.69) is 27.1 Å². The number of piperidine rings is 1. The number of nitrogens with one attached hydrogen (secondary N) is 1. The van der Waals surface area contributed by atoms with E-state index in [9.17, 15) is 4.79 Å². The fourth-order valence-electron chi connectivity index (χ4n) is 3.27. The van der Waals surface area contributed by atoms with Crippen LogP contribution in [-0.2, 0) is 0 Å². The zero-order chi connectivity index (χ0) is 18.8. The minimum Gasteiger partial charge on any atom is -0.341 e. The molecule has 2 heterocycles. The Morgan fingerprint density at radius 2 is 1.85 bits per heavy atom. The highest BCUT2D eigenvalue weighted by atomic mass is 35.5. The standard InChI is InChI=1S/C20H25ClN4O/c1-12-5-7-25(8-6-12)20-22-15(4)11-17(23-20)19(26)24-18-14(3)9-13(2)10-16(18)21/h9-12H,5-8H2,1-4H3,(H,24,26). The Labute approximate surface area is 159 Å². The highest BCUT2D eigenvalue weighted by Crippen LogP contribution is 2.28. The molecule has 1 aliphatic rings. The number of rotatable bonds is 3. The van der Waals surface area contributed by atoms with Gasteiger partial charge in [-0.1, -0.05) is 24.6 Å². The van der Waals surface area contributed by atoms with Gasteiger partial charge in [-0.05, 0) is 62.8 Å². The number of carbonyl (C=O) groups is 1. The van der Waals surface area contributed by atoms with Crippen LogP contribution in [0.3, 0.4) is 0 Å². The highest BCUT2D eigenvalue weighted by molar-refractivity contribution is 6.34. The number of halogens is 1. The van der Waals surface area contributed by atoms with Crippen LogP contribution >= 0.6 is 11.6 Å². The Kier molecular flexibility index (Phi) is 5.47. The number of benzene rings is 1. The topological polar surface area (TPSA) is 58.1 Å². The number of hydrogen-bond donors (Lipinski definition) is 1. The number of anilines is 2. The van der Waals surface area contributed by atoms with Crippen molar-refractivity contribution in [1.82, 2.24) is 9.97 Å². The van der Waals surface area contributed by atoms with Gasteiger partial charge in [0.15, 0.2) is 0 Å². The molecule has 0 saturated carbocycles. The van der Waals surface area contributed by atoms with E-state index < -0.39 is 0 Å². The summed E-state index contributed by atoms with van der Waals surface area (Å²) in [7, 11) is 0. The van der Waals surface area contributed by atoms with E-state index >= 15 is 0 Å². The van der Waals surface area contributed by atoms with Crippen LogP contribution < -0.4 is 10.2 Å². The molecule has 1 saturated heterocycles. The van der Waals surface area contributed by atoms with Crippen molar-refractivity contribution in [3.63, 3.8) is 0 Å².